The zero-order valence-electron chi connectivity index (χ0n) is 12.1. The van der Waals surface area contributed by atoms with E-state index in [1.54, 1.807) is 0 Å². The molecule has 0 saturated heterocycles. The molecule has 106 valence electrons. The van der Waals surface area contributed by atoms with Crippen molar-refractivity contribution in [2.75, 3.05) is 39.1 Å². The Hall–Kier alpha value is -1.36. The molecule has 1 aromatic rings. The molecule has 0 amide bonds. The van der Waals surface area contributed by atoms with Crippen LogP contribution in [0.5, 0.6) is 5.88 Å². The van der Waals surface area contributed by atoms with Gasteiger partial charge in [0.2, 0.25) is 5.88 Å². The molecule has 0 spiro atoms. The minimum atomic E-state index is 0.544. The highest BCUT2D eigenvalue weighted by atomic mass is 16.5. The van der Waals surface area contributed by atoms with Gasteiger partial charge in [-0.25, -0.2) is 4.98 Å². The van der Waals surface area contributed by atoms with Gasteiger partial charge >= 0.3 is 0 Å². The van der Waals surface area contributed by atoms with Crippen molar-refractivity contribution < 1.29 is 4.74 Å². The van der Waals surface area contributed by atoms with Crippen molar-refractivity contribution in [1.82, 2.24) is 14.9 Å². The highest BCUT2D eigenvalue weighted by molar-refractivity contribution is 5.39. The van der Waals surface area contributed by atoms with E-state index in [4.69, 9.17) is 4.74 Å². The van der Waals surface area contributed by atoms with Gasteiger partial charge in [0.05, 0.1) is 6.61 Å². The molecule has 1 aliphatic carbocycles. The van der Waals surface area contributed by atoms with Crippen molar-refractivity contribution in [3.63, 3.8) is 0 Å². The van der Waals surface area contributed by atoms with Crippen LogP contribution in [0, 0.1) is 0 Å². The van der Waals surface area contributed by atoms with E-state index in [0.29, 0.717) is 18.4 Å². The lowest BCUT2D eigenvalue weighted by Crippen LogP contribution is -2.17. The van der Waals surface area contributed by atoms with Gasteiger partial charge in [-0.2, -0.15) is 4.98 Å². The number of aromatic nitrogens is 2. The molecule has 0 aromatic carbocycles. The second-order valence-electron chi connectivity index (χ2n) is 5.24. The molecule has 0 atom stereocenters. The topological polar surface area (TPSA) is 50.3 Å². The molecule has 0 unspecified atom stereocenters. The molecule has 1 N–H and O–H groups in total. The smallest absolute Gasteiger partial charge is 0.218 e. The second kappa shape index (κ2) is 6.70. The molecular weight excluding hydrogens is 240 g/mol. The summed E-state index contributed by atoms with van der Waals surface area (Å²) in [5.74, 6) is 3.05. The Morgan fingerprint density at radius 2 is 2.16 bits per heavy atom. The van der Waals surface area contributed by atoms with Gasteiger partial charge in [0.25, 0.3) is 0 Å². The van der Waals surface area contributed by atoms with Crippen molar-refractivity contribution in [1.29, 1.82) is 0 Å². The monoisotopic (exact) mass is 264 g/mol. The second-order valence-corrected chi connectivity index (χ2v) is 5.24. The van der Waals surface area contributed by atoms with E-state index < -0.39 is 0 Å². The number of hydrogen-bond acceptors (Lipinski definition) is 5. The average molecular weight is 264 g/mol. The molecular formula is C14H24N4O. The van der Waals surface area contributed by atoms with E-state index in [-0.39, 0.29) is 0 Å². The number of rotatable bonds is 8. The molecule has 0 radical (unpaired) electrons. The minimum absolute atomic E-state index is 0.544. The highest BCUT2D eigenvalue weighted by Gasteiger charge is 2.27. The van der Waals surface area contributed by atoms with E-state index in [2.05, 4.69) is 34.3 Å². The van der Waals surface area contributed by atoms with Gasteiger partial charge in [-0.05, 0) is 46.8 Å². The molecule has 1 heterocycles. The standard InChI is InChI=1S/C14H24N4O/c1-4-19-13-10-12(15-8-5-9-18(2)3)16-14(17-13)11-6-7-11/h10-11H,4-9H2,1-3H3,(H,15,16,17). The molecule has 1 saturated carbocycles. The summed E-state index contributed by atoms with van der Waals surface area (Å²) in [5.41, 5.74) is 0. The summed E-state index contributed by atoms with van der Waals surface area (Å²) in [7, 11) is 4.17. The van der Waals surface area contributed by atoms with Crippen LogP contribution in [-0.4, -0.2) is 48.7 Å². The van der Waals surface area contributed by atoms with E-state index in [0.717, 1.165) is 31.2 Å². The summed E-state index contributed by atoms with van der Waals surface area (Å²) in [5, 5.41) is 3.36. The SMILES string of the molecule is CCOc1cc(NCCCN(C)C)nc(C2CC2)n1. The quantitative estimate of drug-likeness (QED) is 0.729. The predicted octanol–water partition coefficient (Wildman–Crippen LogP) is 2.12. The fourth-order valence-electron chi connectivity index (χ4n) is 1.89. The highest BCUT2D eigenvalue weighted by Crippen LogP contribution is 2.39. The number of ether oxygens (including phenoxy) is 1. The Bertz CT molecular complexity index is 404. The summed E-state index contributed by atoms with van der Waals surface area (Å²) in [4.78, 5) is 11.2. The first-order valence-corrected chi connectivity index (χ1v) is 7.09. The Kier molecular flexibility index (Phi) is 4.96. The maximum atomic E-state index is 5.51. The Morgan fingerprint density at radius 3 is 2.79 bits per heavy atom. The number of hydrogen-bond donors (Lipinski definition) is 1. The van der Waals surface area contributed by atoms with Crippen LogP contribution < -0.4 is 10.1 Å². The van der Waals surface area contributed by atoms with Crippen molar-refractivity contribution in [3.8, 4) is 5.88 Å². The van der Waals surface area contributed by atoms with Crippen LogP contribution in [-0.2, 0) is 0 Å². The molecule has 0 aliphatic heterocycles. The summed E-state index contributed by atoms with van der Waals surface area (Å²) in [6, 6.07) is 1.89. The lowest BCUT2D eigenvalue weighted by atomic mass is 10.3. The van der Waals surface area contributed by atoms with E-state index in [1.807, 2.05) is 13.0 Å². The van der Waals surface area contributed by atoms with E-state index in [9.17, 15) is 0 Å². The Balaban J connectivity index is 1.94. The van der Waals surface area contributed by atoms with Crippen molar-refractivity contribution in [3.05, 3.63) is 11.9 Å². The van der Waals surface area contributed by atoms with Crippen LogP contribution in [0.1, 0.15) is 37.9 Å². The summed E-state index contributed by atoms with van der Waals surface area (Å²) >= 11 is 0. The molecule has 5 nitrogen and oxygen atoms in total. The lowest BCUT2D eigenvalue weighted by molar-refractivity contribution is 0.325. The zero-order chi connectivity index (χ0) is 13.7. The van der Waals surface area contributed by atoms with Gasteiger partial charge in [-0.3, -0.25) is 0 Å². The molecule has 1 fully saturated rings. The third kappa shape index (κ3) is 4.67. The molecule has 19 heavy (non-hydrogen) atoms. The van der Waals surface area contributed by atoms with Crippen LogP contribution >= 0.6 is 0 Å². The van der Waals surface area contributed by atoms with Crippen LogP contribution in [0.25, 0.3) is 0 Å². The first-order valence-electron chi connectivity index (χ1n) is 7.09. The first kappa shape index (κ1) is 14.1. The third-order valence-corrected chi connectivity index (χ3v) is 3.04. The average Bonchev–Trinajstić information content (AvgIpc) is 3.19. The van der Waals surface area contributed by atoms with Crippen molar-refractivity contribution in [2.24, 2.45) is 0 Å². The molecule has 5 heteroatoms. The normalized spacial score (nSPS) is 14.7. The number of anilines is 1. The van der Waals surface area contributed by atoms with Gasteiger partial charge < -0.3 is 15.0 Å². The predicted molar refractivity (Wildman–Crippen MR) is 76.8 cm³/mol. The third-order valence-electron chi connectivity index (χ3n) is 3.04. The van der Waals surface area contributed by atoms with Crippen LogP contribution in [0.2, 0.25) is 0 Å². The number of nitrogens with zero attached hydrogens (tertiary/aromatic N) is 3. The maximum Gasteiger partial charge on any atom is 0.218 e. The Labute approximate surface area is 115 Å². The van der Waals surface area contributed by atoms with Gasteiger partial charge in [0.1, 0.15) is 11.6 Å². The zero-order valence-corrected chi connectivity index (χ0v) is 12.1. The van der Waals surface area contributed by atoms with Gasteiger partial charge in [-0.15, -0.1) is 0 Å². The van der Waals surface area contributed by atoms with Gasteiger partial charge in [0.15, 0.2) is 0 Å². The Morgan fingerprint density at radius 1 is 1.37 bits per heavy atom. The molecule has 1 aliphatic rings. The van der Waals surface area contributed by atoms with Crippen LogP contribution in [0.15, 0.2) is 6.07 Å². The maximum absolute atomic E-state index is 5.51. The summed E-state index contributed by atoms with van der Waals surface area (Å²) < 4.78 is 5.51. The van der Waals surface area contributed by atoms with E-state index in [1.165, 1.54) is 12.8 Å². The fourth-order valence-corrected chi connectivity index (χ4v) is 1.89. The first-order chi connectivity index (χ1) is 9.19. The number of nitrogens with one attached hydrogen (secondary N) is 1. The largest absolute Gasteiger partial charge is 0.478 e. The van der Waals surface area contributed by atoms with E-state index >= 15 is 0 Å². The molecule has 2 rings (SSSR count). The van der Waals surface area contributed by atoms with Crippen molar-refractivity contribution >= 4 is 5.82 Å². The fraction of sp³-hybridized carbons (Fsp3) is 0.714. The van der Waals surface area contributed by atoms with Crippen LogP contribution in [0.3, 0.4) is 0 Å². The summed E-state index contributed by atoms with van der Waals surface area (Å²) in [6.07, 6.45) is 3.50. The van der Waals surface area contributed by atoms with Crippen molar-refractivity contribution in [2.45, 2.75) is 32.1 Å². The van der Waals surface area contributed by atoms with Gasteiger partial charge in [0, 0.05) is 18.5 Å². The van der Waals surface area contributed by atoms with Crippen LogP contribution in [0.4, 0.5) is 5.82 Å². The molecule has 0 bridgehead atoms. The van der Waals surface area contributed by atoms with Gasteiger partial charge in [-0.1, -0.05) is 0 Å². The minimum Gasteiger partial charge on any atom is -0.478 e. The molecule has 1 aromatic heterocycles. The lowest BCUT2D eigenvalue weighted by Gasteiger charge is -2.12. The summed E-state index contributed by atoms with van der Waals surface area (Å²) in [6.45, 7) is 4.61.